The van der Waals surface area contributed by atoms with Crippen molar-refractivity contribution in [2.24, 2.45) is 0 Å². The van der Waals surface area contributed by atoms with E-state index in [1.165, 1.54) is 12.0 Å². The highest BCUT2D eigenvalue weighted by Crippen LogP contribution is 2.38. The molecule has 0 amide bonds. The molecule has 0 bridgehead atoms. The molecule has 5 heteroatoms. The Kier molecular flexibility index (Phi) is 4.06. The molecule has 0 fully saturated rings. The largest absolute Gasteiger partial charge is 0.443 e. The van der Waals surface area contributed by atoms with Crippen LogP contribution in [0, 0.1) is 0 Å². The zero-order valence-electron chi connectivity index (χ0n) is 13.5. The van der Waals surface area contributed by atoms with Crippen molar-refractivity contribution >= 4 is 23.6 Å². The van der Waals surface area contributed by atoms with Crippen LogP contribution in [-0.2, 0) is 16.6 Å². The second-order valence-corrected chi connectivity index (χ2v) is 6.75. The number of hydrogen-bond donors (Lipinski definition) is 1. The molecule has 2 aromatic carbocycles. The molecule has 4 rings (SSSR count). The van der Waals surface area contributed by atoms with Crippen LogP contribution in [0.1, 0.15) is 17.5 Å². The molecule has 0 radical (unpaired) electrons. The first kappa shape index (κ1) is 15.9. The van der Waals surface area contributed by atoms with Gasteiger partial charge < -0.3 is 14.5 Å². The maximum absolute atomic E-state index is 11.9. The third-order valence-electron chi connectivity index (χ3n) is 4.89. The van der Waals surface area contributed by atoms with Gasteiger partial charge in [-0.1, -0.05) is 35.9 Å². The molecule has 0 spiro atoms. The topological polar surface area (TPSA) is 55.1 Å². The highest BCUT2D eigenvalue weighted by molar-refractivity contribution is 6.33. The quantitative estimate of drug-likeness (QED) is 0.687. The number of nitrogens with one attached hydrogen (secondary N) is 1. The molecule has 1 aliphatic rings. The molecule has 1 unspecified atom stereocenters. The Balaban J connectivity index is 1.55. The summed E-state index contributed by atoms with van der Waals surface area (Å²) >= 11 is 6.37. The molecule has 0 aliphatic heterocycles. The number of anilines is 1. The van der Waals surface area contributed by atoms with Crippen molar-refractivity contribution in [1.29, 1.82) is 0 Å². The van der Waals surface area contributed by atoms with E-state index in [0.29, 0.717) is 17.3 Å². The molecule has 1 aromatic heterocycles. The molecular weight excluding hydrogens is 336 g/mol. The van der Waals surface area contributed by atoms with Gasteiger partial charge in [-0.3, -0.25) is 0 Å². The van der Waals surface area contributed by atoms with Crippen molar-refractivity contribution in [3.63, 3.8) is 0 Å². The second-order valence-electron chi connectivity index (χ2n) is 6.34. The second kappa shape index (κ2) is 6.37. The summed E-state index contributed by atoms with van der Waals surface area (Å²) in [5, 5.41) is 3.95. The van der Waals surface area contributed by atoms with Gasteiger partial charge in [0.1, 0.15) is 6.29 Å². The fourth-order valence-electron chi connectivity index (χ4n) is 3.50. The maximum Gasteiger partial charge on any atom is 0.181 e. The molecule has 25 heavy (non-hydrogen) atoms. The number of halogens is 1. The van der Waals surface area contributed by atoms with Gasteiger partial charge in [0.05, 0.1) is 16.6 Å². The zero-order chi connectivity index (χ0) is 17.3. The first-order valence-corrected chi connectivity index (χ1v) is 8.57. The molecular formula is C20H17ClN2O2. The van der Waals surface area contributed by atoms with Crippen molar-refractivity contribution in [3.05, 3.63) is 71.2 Å². The molecule has 1 N–H and O–H groups in total. The average Bonchev–Trinajstić information content (AvgIpc) is 3.29. The van der Waals surface area contributed by atoms with Crippen LogP contribution in [-0.4, -0.2) is 17.8 Å². The van der Waals surface area contributed by atoms with E-state index in [1.807, 2.05) is 30.3 Å². The van der Waals surface area contributed by atoms with Crippen molar-refractivity contribution in [2.75, 3.05) is 11.9 Å². The van der Waals surface area contributed by atoms with Crippen LogP contribution in [0.15, 0.2) is 59.5 Å². The van der Waals surface area contributed by atoms with Crippen LogP contribution in [0.25, 0.3) is 11.3 Å². The molecule has 0 saturated heterocycles. The number of aromatic nitrogens is 1. The average molecular weight is 353 g/mol. The van der Waals surface area contributed by atoms with E-state index in [0.717, 1.165) is 35.9 Å². The van der Waals surface area contributed by atoms with Crippen LogP contribution in [0.2, 0.25) is 5.02 Å². The summed E-state index contributed by atoms with van der Waals surface area (Å²) in [4.78, 5) is 15.8. The maximum atomic E-state index is 11.9. The summed E-state index contributed by atoms with van der Waals surface area (Å²) in [5.74, 6) is 0.630. The van der Waals surface area contributed by atoms with Crippen molar-refractivity contribution in [2.45, 2.75) is 18.3 Å². The third-order valence-corrected chi connectivity index (χ3v) is 5.21. The number of aryl methyl sites for hydroxylation is 1. The number of nitrogens with zero attached hydrogens (tertiary/aromatic N) is 1. The van der Waals surface area contributed by atoms with Crippen molar-refractivity contribution < 1.29 is 9.21 Å². The lowest BCUT2D eigenvalue weighted by atomic mass is 9.83. The normalized spacial score (nSPS) is 18.8. The van der Waals surface area contributed by atoms with Crippen molar-refractivity contribution in [1.82, 2.24) is 4.98 Å². The molecule has 1 heterocycles. The number of carbonyl (C=O) groups is 1. The predicted molar refractivity (Wildman–Crippen MR) is 97.9 cm³/mol. The highest BCUT2D eigenvalue weighted by Gasteiger charge is 2.38. The lowest BCUT2D eigenvalue weighted by molar-refractivity contribution is -0.112. The number of carbonyl (C=O) groups excluding carboxylic acids is 1. The van der Waals surface area contributed by atoms with E-state index in [4.69, 9.17) is 16.0 Å². The highest BCUT2D eigenvalue weighted by atomic mass is 35.5. The van der Waals surface area contributed by atoms with Crippen LogP contribution in [0.5, 0.6) is 0 Å². The minimum atomic E-state index is -0.479. The summed E-state index contributed by atoms with van der Waals surface area (Å²) < 4.78 is 5.29. The summed E-state index contributed by atoms with van der Waals surface area (Å²) in [6.45, 7) is 0.547. The first-order chi connectivity index (χ1) is 12.2. The van der Waals surface area contributed by atoms with Crippen molar-refractivity contribution in [3.8, 4) is 11.3 Å². The number of rotatable bonds is 5. The van der Waals surface area contributed by atoms with E-state index >= 15 is 0 Å². The Morgan fingerprint density at radius 1 is 1.28 bits per heavy atom. The Labute approximate surface area is 150 Å². The Bertz CT molecular complexity index is 908. The van der Waals surface area contributed by atoms with Gasteiger partial charge in [-0.15, -0.1) is 0 Å². The lowest BCUT2D eigenvalue weighted by Crippen LogP contribution is -2.33. The number of hydrogen-bond acceptors (Lipinski definition) is 4. The lowest BCUT2D eigenvalue weighted by Gasteiger charge is -2.25. The third kappa shape index (κ3) is 2.83. The van der Waals surface area contributed by atoms with Gasteiger partial charge in [-0.2, -0.15) is 0 Å². The minimum Gasteiger partial charge on any atom is -0.443 e. The van der Waals surface area contributed by atoms with E-state index in [1.54, 1.807) is 6.20 Å². The van der Waals surface area contributed by atoms with Gasteiger partial charge in [-0.25, -0.2) is 4.98 Å². The van der Waals surface area contributed by atoms with Gasteiger partial charge in [0.2, 0.25) is 0 Å². The molecule has 126 valence electrons. The predicted octanol–water partition coefficient (Wildman–Crippen LogP) is 4.49. The van der Waals surface area contributed by atoms with E-state index < -0.39 is 5.41 Å². The summed E-state index contributed by atoms with van der Waals surface area (Å²) in [6, 6.07) is 13.8. The van der Waals surface area contributed by atoms with Gasteiger partial charge in [0.25, 0.3) is 0 Å². The van der Waals surface area contributed by atoms with Gasteiger partial charge in [-0.05, 0) is 42.2 Å². The SMILES string of the molecule is O=CC1(CNc2ccc(-c3cnco3)c(Cl)c2)CCc2ccccc21. The van der Waals surface area contributed by atoms with Gasteiger partial charge in [0, 0.05) is 17.8 Å². The number of fused-ring (bicyclic) bond motifs is 1. The molecule has 1 atom stereocenters. The van der Waals surface area contributed by atoms with Crippen LogP contribution in [0.3, 0.4) is 0 Å². The number of benzene rings is 2. The van der Waals surface area contributed by atoms with E-state index in [-0.39, 0.29) is 0 Å². The van der Waals surface area contributed by atoms with Gasteiger partial charge in [0.15, 0.2) is 12.2 Å². The zero-order valence-corrected chi connectivity index (χ0v) is 14.3. The Morgan fingerprint density at radius 3 is 2.92 bits per heavy atom. The number of oxazole rings is 1. The smallest absolute Gasteiger partial charge is 0.181 e. The van der Waals surface area contributed by atoms with E-state index in [9.17, 15) is 4.79 Å². The number of aldehydes is 1. The summed E-state index contributed by atoms with van der Waals surface area (Å²) in [7, 11) is 0. The first-order valence-electron chi connectivity index (χ1n) is 8.19. The summed E-state index contributed by atoms with van der Waals surface area (Å²) in [6.07, 6.45) is 5.85. The van der Waals surface area contributed by atoms with Crippen LogP contribution < -0.4 is 5.32 Å². The Morgan fingerprint density at radius 2 is 2.16 bits per heavy atom. The van der Waals surface area contributed by atoms with E-state index in [2.05, 4.69) is 22.4 Å². The monoisotopic (exact) mass is 352 g/mol. The molecule has 3 aromatic rings. The molecule has 0 saturated carbocycles. The summed E-state index contributed by atoms with van der Waals surface area (Å²) in [5.41, 5.74) is 3.57. The molecule has 1 aliphatic carbocycles. The fourth-order valence-corrected chi connectivity index (χ4v) is 3.77. The molecule has 4 nitrogen and oxygen atoms in total. The minimum absolute atomic E-state index is 0.479. The van der Waals surface area contributed by atoms with Crippen LogP contribution >= 0.6 is 11.6 Å². The Hall–Kier alpha value is -2.59. The van der Waals surface area contributed by atoms with Crippen LogP contribution in [0.4, 0.5) is 5.69 Å². The standard InChI is InChI=1S/C20H17ClN2O2/c21-18-9-15(5-6-16(18)19-10-22-13-25-19)23-11-20(12-24)8-7-14-3-1-2-4-17(14)20/h1-6,9-10,12-13,23H,7-8,11H2. The fraction of sp³-hybridized carbons (Fsp3) is 0.200. The van der Waals surface area contributed by atoms with Gasteiger partial charge >= 0.3 is 0 Å².